The first-order valence-electron chi connectivity index (χ1n) is 2.66. The molecule has 0 aromatic heterocycles. The summed E-state index contributed by atoms with van der Waals surface area (Å²) in [6.07, 6.45) is -0.444. The van der Waals surface area contributed by atoms with Gasteiger partial charge in [-0.15, -0.1) is 0 Å². The topological polar surface area (TPSA) is 79.3 Å². The fourth-order valence-corrected chi connectivity index (χ4v) is 0.505. The van der Waals surface area contributed by atoms with E-state index in [-0.39, 0.29) is 18.9 Å². The normalized spacial score (nSPS) is 13.1. The van der Waals surface area contributed by atoms with Gasteiger partial charge in [-0.3, -0.25) is 5.41 Å². The number of aliphatic hydroxyl groups excluding tert-OH is 1. The average molecular weight is 132 g/mol. The average Bonchev–Trinajstić information content (AvgIpc) is 1.63. The van der Waals surface area contributed by atoms with Crippen LogP contribution in [-0.4, -0.2) is 30.8 Å². The summed E-state index contributed by atoms with van der Waals surface area (Å²) >= 11 is 0. The van der Waals surface area contributed by atoms with Gasteiger partial charge in [-0.25, -0.2) is 0 Å². The van der Waals surface area contributed by atoms with Crippen LogP contribution in [0.3, 0.4) is 0 Å². The van der Waals surface area contributed by atoms with Crippen molar-refractivity contribution in [1.82, 2.24) is 0 Å². The van der Waals surface area contributed by atoms with Crippen molar-refractivity contribution in [2.75, 3.05) is 13.7 Å². The van der Waals surface area contributed by atoms with Gasteiger partial charge in [-0.1, -0.05) is 0 Å². The van der Waals surface area contributed by atoms with Crippen LogP contribution in [0, 0.1) is 5.41 Å². The number of rotatable bonds is 4. The molecule has 54 valence electrons. The van der Waals surface area contributed by atoms with E-state index in [1.165, 1.54) is 7.11 Å². The number of hydrogen-bond donors (Lipinski definition) is 3. The molecule has 0 amide bonds. The maximum atomic E-state index is 8.87. The maximum Gasteiger partial charge on any atom is 0.0932 e. The Kier molecular flexibility index (Phi) is 4.00. The monoisotopic (exact) mass is 132 g/mol. The summed E-state index contributed by atoms with van der Waals surface area (Å²) in [5.74, 6) is -0.0143. The molecule has 0 rings (SSSR count). The third-order valence-corrected chi connectivity index (χ3v) is 0.815. The molecule has 0 aliphatic heterocycles. The second-order valence-corrected chi connectivity index (χ2v) is 1.84. The van der Waals surface area contributed by atoms with Crippen LogP contribution in [0.15, 0.2) is 0 Å². The van der Waals surface area contributed by atoms with Crippen LogP contribution in [0.2, 0.25) is 0 Å². The number of nitrogens with one attached hydrogen (secondary N) is 1. The van der Waals surface area contributed by atoms with Crippen molar-refractivity contribution in [3.8, 4) is 0 Å². The van der Waals surface area contributed by atoms with Gasteiger partial charge in [0.1, 0.15) is 0 Å². The highest BCUT2D eigenvalue weighted by molar-refractivity contribution is 5.77. The largest absolute Gasteiger partial charge is 0.390 e. The van der Waals surface area contributed by atoms with Crippen LogP contribution in [0.4, 0.5) is 0 Å². The van der Waals surface area contributed by atoms with E-state index in [2.05, 4.69) is 4.74 Å². The molecule has 0 aromatic rings. The van der Waals surface area contributed by atoms with E-state index in [4.69, 9.17) is 16.2 Å². The molecule has 4 N–H and O–H groups in total. The summed E-state index contributed by atoms with van der Waals surface area (Å²) in [7, 11) is 1.49. The molecule has 0 aliphatic rings. The molecule has 1 unspecified atom stereocenters. The summed E-state index contributed by atoms with van der Waals surface area (Å²) in [5.41, 5.74) is 4.99. The number of methoxy groups -OCH3 is 1. The molecule has 9 heavy (non-hydrogen) atoms. The number of amidine groups is 1. The molecule has 0 bridgehead atoms. The lowest BCUT2D eigenvalue weighted by molar-refractivity contribution is 0.0691. The van der Waals surface area contributed by atoms with Crippen LogP contribution in [-0.2, 0) is 4.74 Å². The van der Waals surface area contributed by atoms with Gasteiger partial charge >= 0.3 is 0 Å². The summed E-state index contributed by atoms with van der Waals surface area (Å²) in [4.78, 5) is 0. The van der Waals surface area contributed by atoms with E-state index in [0.717, 1.165) is 0 Å². The summed E-state index contributed by atoms with van der Waals surface area (Å²) in [6.45, 7) is 0.236. The first-order chi connectivity index (χ1) is 4.16. The maximum absolute atomic E-state index is 8.87. The Bertz CT molecular complexity index is 95.0. The lowest BCUT2D eigenvalue weighted by atomic mass is 10.2. The summed E-state index contributed by atoms with van der Waals surface area (Å²) in [6, 6.07) is 0. The van der Waals surface area contributed by atoms with E-state index >= 15 is 0 Å². The summed E-state index contributed by atoms with van der Waals surface area (Å²) in [5, 5.41) is 15.6. The van der Waals surface area contributed by atoms with Gasteiger partial charge in [0.25, 0.3) is 0 Å². The standard InChI is InChI=1S/C5H12N2O2/c1-9-3-4(8)2-5(6)7/h4,8H,2-3H2,1H3,(H3,6,7). The Hall–Kier alpha value is -0.610. The van der Waals surface area contributed by atoms with E-state index in [9.17, 15) is 0 Å². The highest BCUT2D eigenvalue weighted by Crippen LogP contribution is 1.89. The second kappa shape index (κ2) is 4.29. The third-order valence-electron chi connectivity index (χ3n) is 0.815. The molecule has 0 aromatic carbocycles. The van der Waals surface area contributed by atoms with E-state index in [1.807, 2.05) is 0 Å². The lowest BCUT2D eigenvalue weighted by Gasteiger charge is -2.06. The Morgan fingerprint density at radius 3 is 2.78 bits per heavy atom. The Morgan fingerprint density at radius 2 is 2.44 bits per heavy atom. The highest BCUT2D eigenvalue weighted by Gasteiger charge is 2.03. The Balaban J connectivity index is 3.26. The molecule has 4 heteroatoms. The summed E-state index contributed by atoms with van der Waals surface area (Å²) < 4.78 is 4.60. The molecular weight excluding hydrogens is 120 g/mol. The van der Waals surface area contributed by atoms with E-state index < -0.39 is 6.10 Å². The zero-order chi connectivity index (χ0) is 7.28. The Morgan fingerprint density at radius 1 is 1.89 bits per heavy atom. The zero-order valence-electron chi connectivity index (χ0n) is 5.42. The van der Waals surface area contributed by atoms with Crippen LogP contribution in [0.25, 0.3) is 0 Å². The molecule has 0 heterocycles. The van der Waals surface area contributed by atoms with Gasteiger partial charge in [-0.05, 0) is 0 Å². The first-order valence-corrected chi connectivity index (χ1v) is 2.66. The first kappa shape index (κ1) is 8.39. The number of ether oxygens (including phenoxy) is 1. The van der Waals surface area contributed by atoms with Crippen LogP contribution in [0.5, 0.6) is 0 Å². The van der Waals surface area contributed by atoms with Gasteiger partial charge in [0.15, 0.2) is 0 Å². The van der Waals surface area contributed by atoms with Crippen molar-refractivity contribution in [2.45, 2.75) is 12.5 Å². The predicted molar refractivity (Wildman–Crippen MR) is 34.4 cm³/mol. The fourth-order valence-electron chi connectivity index (χ4n) is 0.505. The van der Waals surface area contributed by atoms with E-state index in [1.54, 1.807) is 0 Å². The molecule has 0 fully saturated rings. The Labute approximate surface area is 54.1 Å². The molecule has 0 spiro atoms. The number of aliphatic hydroxyl groups is 1. The number of hydrogen-bond acceptors (Lipinski definition) is 3. The minimum Gasteiger partial charge on any atom is -0.390 e. The molecule has 0 aliphatic carbocycles. The van der Waals surface area contributed by atoms with Crippen LogP contribution in [0.1, 0.15) is 6.42 Å². The lowest BCUT2D eigenvalue weighted by Crippen LogP contribution is -2.22. The fraction of sp³-hybridized carbons (Fsp3) is 0.800. The molecule has 0 saturated carbocycles. The zero-order valence-corrected chi connectivity index (χ0v) is 5.42. The molecular formula is C5H12N2O2. The predicted octanol–water partition coefficient (Wildman–Crippen LogP) is -0.680. The van der Waals surface area contributed by atoms with Crippen molar-refractivity contribution in [3.05, 3.63) is 0 Å². The molecule has 1 atom stereocenters. The van der Waals surface area contributed by atoms with Gasteiger partial charge in [0.2, 0.25) is 0 Å². The van der Waals surface area contributed by atoms with Crippen molar-refractivity contribution < 1.29 is 9.84 Å². The van der Waals surface area contributed by atoms with E-state index in [0.29, 0.717) is 0 Å². The highest BCUT2D eigenvalue weighted by atomic mass is 16.5. The third kappa shape index (κ3) is 5.26. The van der Waals surface area contributed by atoms with Crippen molar-refractivity contribution >= 4 is 5.84 Å². The van der Waals surface area contributed by atoms with Gasteiger partial charge < -0.3 is 15.6 Å². The SMILES string of the molecule is COCC(O)CC(=N)N. The number of nitrogens with two attached hydrogens (primary N) is 1. The van der Waals surface area contributed by atoms with Gasteiger partial charge in [0.05, 0.1) is 18.5 Å². The van der Waals surface area contributed by atoms with Crippen molar-refractivity contribution in [2.24, 2.45) is 5.73 Å². The molecule has 0 radical (unpaired) electrons. The minimum atomic E-state index is -0.632. The van der Waals surface area contributed by atoms with Gasteiger partial charge in [-0.2, -0.15) is 0 Å². The second-order valence-electron chi connectivity index (χ2n) is 1.84. The quantitative estimate of drug-likeness (QED) is 0.350. The van der Waals surface area contributed by atoms with Crippen molar-refractivity contribution in [1.29, 1.82) is 5.41 Å². The molecule has 4 nitrogen and oxygen atoms in total. The van der Waals surface area contributed by atoms with Crippen molar-refractivity contribution in [3.63, 3.8) is 0 Å². The van der Waals surface area contributed by atoms with Crippen LogP contribution >= 0.6 is 0 Å². The smallest absolute Gasteiger partial charge is 0.0932 e. The molecule has 0 saturated heterocycles. The van der Waals surface area contributed by atoms with Gasteiger partial charge in [0, 0.05) is 13.5 Å². The van der Waals surface area contributed by atoms with Crippen LogP contribution < -0.4 is 5.73 Å². The minimum absolute atomic E-state index is 0.0143.